The molecule has 4 rings (SSSR count). The minimum absolute atomic E-state index is 0.0454. The molecule has 0 spiro atoms. The van der Waals surface area contributed by atoms with Gasteiger partial charge in [-0.3, -0.25) is 14.6 Å². The predicted octanol–water partition coefficient (Wildman–Crippen LogP) is 4.93. The summed E-state index contributed by atoms with van der Waals surface area (Å²) in [6.45, 7) is 5.23. The molecule has 29 heavy (non-hydrogen) atoms. The van der Waals surface area contributed by atoms with Crippen molar-refractivity contribution < 1.29 is 4.79 Å². The minimum Gasteiger partial charge on any atom is -0.324 e. The molecule has 4 nitrogen and oxygen atoms in total. The monoisotopic (exact) mass is 469 g/mol. The van der Waals surface area contributed by atoms with Crippen LogP contribution in [0.1, 0.15) is 4.88 Å². The lowest BCUT2D eigenvalue weighted by atomic mass is 10.0. The number of carbonyl (C=O) groups excluding carboxylic acids is 1. The first-order chi connectivity index (χ1) is 14.2. The molecule has 1 aliphatic rings. The summed E-state index contributed by atoms with van der Waals surface area (Å²) < 4.78 is 1.18. The maximum Gasteiger partial charge on any atom is 0.238 e. The van der Waals surface area contributed by atoms with Crippen LogP contribution in [-0.4, -0.2) is 48.4 Å². The molecule has 1 amide bonds. The zero-order valence-corrected chi connectivity index (χ0v) is 18.6. The molecule has 3 aromatic rings. The van der Waals surface area contributed by atoms with Crippen LogP contribution in [0.15, 0.2) is 70.5 Å². The topological polar surface area (TPSA) is 35.6 Å². The largest absolute Gasteiger partial charge is 0.324 e. The van der Waals surface area contributed by atoms with E-state index in [1.807, 2.05) is 42.5 Å². The van der Waals surface area contributed by atoms with Crippen molar-refractivity contribution in [3.63, 3.8) is 0 Å². The lowest BCUT2D eigenvalue weighted by molar-refractivity contribution is -0.117. The standard InChI is InChI=1S/C23H24BrN3OS/c24-22-11-10-19(29-22)16-26-12-14-27(15-13-26)17-23(28)25-21-9-5-4-8-20(21)18-6-2-1-3-7-18/h1-11H,12-17H2,(H,25,28). The molecule has 2 aromatic carbocycles. The summed E-state index contributed by atoms with van der Waals surface area (Å²) in [4.78, 5) is 18.7. The fourth-order valence-electron chi connectivity index (χ4n) is 3.62. The number of nitrogens with zero attached hydrogens (tertiary/aromatic N) is 2. The lowest BCUT2D eigenvalue weighted by Crippen LogP contribution is -2.48. The van der Waals surface area contributed by atoms with Crippen LogP contribution in [-0.2, 0) is 11.3 Å². The van der Waals surface area contributed by atoms with Crippen molar-refractivity contribution >= 4 is 38.9 Å². The van der Waals surface area contributed by atoms with E-state index >= 15 is 0 Å². The van der Waals surface area contributed by atoms with Crippen molar-refractivity contribution in [2.24, 2.45) is 0 Å². The second kappa shape index (κ2) is 9.67. The Balaban J connectivity index is 1.30. The maximum absolute atomic E-state index is 12.7. The summed E-state index contributed by atoms with van der Waals surface area (Å²) in [5, 5.41) is 3.11. The van der Waals surface area contributed by atoms with Crippen molar-refractivity contribution in [3.05, 3.63) is 75.4 Å². The van der Waals surface area contributed by atoms with Gasteiger partial charge in [0, 0.05) is 48.9 Å². The van der Waals surface area contributed by atoms with Crippen molar-refractivity contribution in [1.82, 2.24) is 9.80 Å². The van der Waals surface area contributed by atoms with E-state index in [-0.39, 0.29) is 5.91 Å². The highest BCUT2D eigenvalue weighted by Gasteiger charge is 2.20. The van der Waals surface area contributed by atoms with Gasteiger partial charge < -0.3 is 5.32 Å². The Morgan fingerprint density at radius 1 is 0.897 bits per heavy atom. The average Bonchev–Trinajstić information content (AvgIpc) is 3.15. The first-order valence-corrected chi connectivity index (χ1v) is 11.4. The van der Waals surface area contributed by atoms with Gasteiger partial charge in [0.15, 0.2) is 0 Å². The third-order valence-electron chi connectivity index (χ3n) is 5.13. The first-order valence-electron chi connectivity index (χ1n) is 9.80. The van der Waals surface area contributed by atoms with Crippen LogP contribution in [0.5, 0.6) is 0 Å². The molecular formula is C23H24BrN3OS. The van der Waals surface area contributed by atoms with Crippen molar-refractivity contribution in [2.45, 2.75) is 6.54 Å². The second-order valence-corrected chi connectivity index (χ2v) is 9.77. The molecule has 2 heterocycles. The van der Waals surface area contributed by atoms with E-state index in [1.54, 1.807) is 11.3 Å². The van der Waals surface area contributed by atoms with Crippen LogP contribution in [0, 0.1) is 0 Å². The Morgan fingerprint density at radius 3 is 2.31 bits per heavy atom. The van der Waals surface area contributed by atoms with Crippen LogP contribution in [0.25, 0.3) is 11.1 Å². The molecule has 0 saturated carbocycles. The average molecular weight is 470 g/mol. The zero-order valence-electron chi connectivity index (χ0n) is 16.2. The Morgan fingerprint density at radius 2 is 1.59 bits per heavy atom. The number of carbonyl (C=O) groups is 1. The maximum atomic E-state index is 12.7. The van der Waals surface area contributed by atoms with E-state index in [1.165, 1.54) is 8.66 Å². The molecule has 0 radical (unpaired) electrons. The Bertz CT molecular complexity index is 952. The Kier molecular flexibility index (Phi) is 6.77. The molecule has 6 heteroatoms. The number of benzene rings is 2. The fraction of sp³-hybridized carbons (Fsp3) is 0.261. The summed E-state index contributed by atoms with van der Waals surface area (Å²) in [7, 11) is 0. The molecule has 0 aliphatic carbocycles. The molecule has 1 fully saturated rings. The molecule has 0 bridgehead atoms. The van der Waals surface area contributed by atoms with Gasteiger partial charge in [-0.2, -0.15) is 0 Å². The normalized spacial score (nSPS) is 15.3. The van der Waals surface area contributed by atoms with Crippen LogP contribution in [0.2, 0.25) is 0 Å². The van der Waals surface area contributed by atoms with E-state index < -0.39 is 0 Å². The van der Waals surface area contributed by atoms with Gasteiger partial charge in [-0.05, 0) is 39.7 Å². The van der Waals surface area contributed by atoms with Crippen LogP contribution >= 0.6 is 27.3 Å². The number of amides is 1. The number of thiophene rings is 1. The van der Waals surface area contributed by atoms with E-state index in [0.717, 1.165) is 49.5 Å². The molecule has 1 saturated heterocycles. The number of hydrogen-bond acceptors (Lipinski definition) is 4. The smallest absolute Gasteiger partial charge is 0.238 e. The van der Waals surface area contributed by atoms with Crippen LogP contribution in [0.4, 0.5) is 5.69 Å². The van der Waals surface area contributed by atoms with Crippen molar-refractivity contribution in [1.29, 1.82) is 0 Å². The third-order valence-corrected chi connectivity index (χ3v) is 6.73. The summed E-state index contributed by atoms with van der Waals surface area (Å²) >= 11 is 5.32. The SMILES string of the molecule is O=C(CN1CCN(Cc2ccc(Br)s2)CC1)Nc1ccccc1-c1ccccc1. The quantitative estimate of drug-likeness (QED) is 0.555. The number of para-hydroxylation sites is 1. The van der Waals surface area contributed by atoms with Crippen molar-refractivity contribution in [2.75, 3.05) is 38.0 Å². The molecule has 1 N–H and O–H groups in total. The number of nitrogens with one attached hydrogen (secondary N) is 1. The van der Waals surface area contributed by atoms with E-state index in [4.69, 9.17) is 0 Å². The Labute approximate surface area is 184 Å². The second-order valence-electron chi connectivity index (χ2n) is 7.22. The molecule has 1 aromatic heterocycles. The fourth-order valence-corrected chi connectivity index (χ4v) is 5.14. The van der Waals surface area contributed by atoms with Crippen LogP contribution in [0.3, 0.4) is 0 Å². The summed E-state index contributed by atoms with van der Waals surface area (Å²) in [5.74, 6) is 0.0454. The van der Waals surface area contributed by atoms with Gasteiger partial charge in [0.05, 0.1) is 10.3 Å². The van der Waals surface area contributed by atoms with Crippen LogP contribution < -0.4 is 5.32 Å². The molecular weight excluding hydrogens is 446 g/mol. The third kappa shape index (κ3) is 5.54. The van der Waals surface area contributed by atoms with Gasteiger partial charge in [0.1, 0.15) is 0 Å². The minimum atomic E-state index is 0.0454. The molecule has 150 valence electrons. The highest BCUT2D eigenvalue weighted by atomic mass is 79.9. The van der Waals surface area contributed by atoms with E-state index in [9.17, 15) is 4.79 Å². The lowest BCUT2D eigenvalue weighted by Gasteiger charge is -2.34. The zero-order chi connectivity index (χ0) is 20.1. The van der Waals surface area contributed by atoms with Gasteiger partial charge in [-0.1, -0.05) is 48.5 Å². The number of halogens is 1. The van der Waals surface area contributed by atoms with E-state index in [2.05, 4.69) is 55.3 Å². The Hall–Kier alpha value is -1.99. The van der Waals surface area contributed by atoms with Gasteiger partial charge in [0.2, 0.25) is 5.91 Å². The van der Waals surface area contributed by atoms with Gasteiger partial charge >= 0.3 is 0 Å². The summed E-state index contributed by atoms with van der Waals surface area (Å²) in [5.41, 5.74) is 3.02. The highest BCUT2D eigenvalue weighted by Crippen LogP contribution is 2.27. The predicted molar refractivity (Wildman–Crippen MR) is 124 cm³/mol. The number of piperazine rings is 1. The number of anilines is 1. The molecule has 0 atom stereocenters. The van der Waals surface area contributed by atoms with E-state index in [0.29, 0.717) is 6.54 Å². The summed E-state index contributed by atoms with van der Waals surface area (Å²) in [6, 6.07) is 22.4. The first kappa shape index (κ1) is 20.3. The molecule has 0 unspecified atom stereocenters. The van der Waals surface area contributed by atoms with Gasteiger partial charge in [0.25, 0.3) is 0 Å². The van der Waals surface area contributed by atoms with Gasteiger partial charge in [-0.25, -0.2) is 0 Å². The number of hydrogen-bond donors (Lipinski definition) is 1. The molecule has 1 aliphatic heterocycles. The van der Waals surface area contributed by atoms with Gasteiger partial charge in [-0.15, -0.1) is 11.3 Å². The summed E-state index contributed by atoms with van der Waals surface area (Å²) in [6.07, 6.45) is 0. The van der Waals surface area contributed by atoms with Crippen molar-refractivity contribution in [3.8, 4) is 11.1 Å². The highest BCUT2D eigenvalue weighted by molar-refractivity contribution is 9.11. The number of rotatable bonds is 6.